The van der Waals surface area contributed by atoms with Crippen molar-refractivity contribution in [3.05, 3.63) is 83.9 Å². The third-order valence-corrected chi connectivity index (χ3v) is 6.20. The number of alkyl carbamates (subject to hydrolysis) is 2. The highest BCUT2D eigenvalue weighted by Gasteiger charge is 2.37. The Bertz CT molecular complexity index is 1110. The monoisotopic (exact) mass is 536 g/mol. The summed E-state index contributed by atoms with van der Waals surface area (Å²) in [5.41, 5.74) is 4.38. The second kappa shape index (κ2) is 11.7. The Morgan fingerprint density at radius 1 is 0.590 bits per heavy atom. The van der Waals surface area contributed by atoms with Gasteiger partial charge in [0.2, 0.25) is 11.6 Å². The number of amides is 2. The van der Waals surface area contributed by atoms with Gasteiger partial charge >= 0.3 is 12.2 Å². The van der Waals surface area contributed by atoms with Crippen molar-refractivity contribution in [2.75, 3.05) is 0 Å². The first kappa shape index (κ1) is 31.6. The van der Waals surface area contributed by atoms with Crippen molar-refractivity contribution in [1.29, 1.82) is 0 Å². The molecule has 7 heteroatoms. The SMILES string of the molecule is C=C(C)c1ccc(C(C)(C)NC(=O)OC(C)(C)OC(C)(C)OC(=O)NC(C)(C)c2ccc(C(=C)C)cc2)cc1. The zero-order valence-corrected chi connectivity index (χ0v) is 25.1. The molecule has 0 aliphatic rings. The zero-order valence-electron chi connectivity index (χ0n) is 25.1. The van der Waals surface area contributed by atoms with E-state index >= 15 is 0 Å². The van der Waals surface area contributed by atoms with E-state index in [1.807, 2.05) is 90.1 Å². The molecule has 0 atom stereocenters. The molecule has 0 spiro atoms. The van der Waals surface area contributed by atoms with Gasteiger partial charge in [0, 0.05) is 27.7 Å². The molecule has 0 saturated carbocycles. The fourth-order valence-corrected chi connectivity index (χ4v) is 4.13. The van der Waals surface area contributed by atoms with Crippen LogP contribution in [0.4, 0.5) is 9.59 Å². The maximum Gasteiger partial charge on any atom is 0.410 e. The predicted molar refractivity (Wildman–Crippen MR) is 157 cm³/mol. The molecule has 0 bridgehead atoms. The normalized spacial score (nSPS) is 12.4. The molecule has 39 heavy (non-hydrogen) atoms. The van der Waals surface area contributed by atoms with E-state index in [0.29, 0.717) is 0 Å². The molecule has 2 aromatic rings. The number of ether oxygens (including phenoxy) is 3. The number of hydrogen-bond donors (Lipinski definition) is 2. The molecule has 0 aliphatic carbocycles. The van der Waals surface area contributed by atoms with E-state index in [9.17, 15) is 9.59 Å². The first-order chi connectivity index (χ1) is 17.7. The summed E-state index contributed by atoms with van der Waals surface area (Å²) >= 11 is 0. The standard InChI is InChI=1S/C32H44N2O5/c1-21(2)23-13-17-25(18-14-23)29(5,6)33-27(35)37-31(9,10)39-32(11,12)38-28(36)34-30(7,8)26-19-15-24(16-20-26)22(3)4/h13-20H,1,3H2,2,4-12H3,(H,33,35)(H,34,36). The smallest absolute Gasteiger partial charge is 0.410 e. The summed E-state index contributed by atoms with van der Waals surface area (Å²) < 4.78 is 17.0. The molecule has 0 aliphatic heterocycles. The minimum Gasteiger partial charge on any atom is -0.417 e. The predicted octanol–water partition coefficient (Wildman–Crippen LogP) is 7.86. The third kappa shape index (κ3) is 9.29. The van der Waals surface area contributed by atoms with Gasteiger partial charge in [0.25, 0.3) is 0 Å². The van der Waals surface area contributed by atoms with Crippen LogP contribution >= 0.6 is 0 Å². The van der Waals surface area contributed by atoms with Crippen LogP contribution in [0, 0.1) is 0 Å². The van der Waals surface area contributed by atoms with Crippen molar-refractivity contribution in [1.82, 2.24) is 10.6 Å². The highest BCUT2D eigenvalue weighted by Crippen LogP contribution is 2.27. The summed E-state index contributed by atoms with van der Waals surface area (Å²) in [6.07, 6.45) is -1.35. The molecule has 0 fully saturated rings. The van der Waals surface area contributed by atoms with Gasteiger partial charge in [0.1, 0.15) is 0 Å². The first-order valence-electron chi connectivity index (χ1n) is 13.0. The lowest BCUT2D eigenvalue weighted by Crippen LogP contribution is -2.50. The van der Waals surface area contributed by atoms with E-state index in [4.69, 9.17) is 14.2 Å². The van der Waals surface area contributed by atoms with Crippen molar-refractivity contribution in [2.24, 2.45) is 0 Å². The molecular formula is C32H44N2O5. The Balaban J connectivity index is 1.98. The Morgan fingerprint density at radius 2 is 0.872 bits per heavy atom. The van der Waals surface area contributed by atoms with Gasteiger partial charge in [-0.1, -0.05) is 72.8 Å². The maximum atomic E-state index is 12.8. The average Bonchev–Trinajstić information content (AvgIpc) is 2.76. The Labute approximate surface area is 233 Å². The fraction of sp³-hybridized carbons (Fsp3) is 0.438. The van der Waals surface area contributed by atoms with Crippen LogP contribution in [0.3, 0.4) is 0 Å². The lowest BCUT2D eigenvalue weighted by molar-refractivity contribution is -0.299. The van der Waals surface area contributed by atoms with Crippen LogP contribution in [-0.2, 0) is 25.3 Å². The van der Waals surface area contributed by atoms with Gasteiger partial charge in [0.15, 0.2) is 0 Å². The largest absolute Gasteiger partial charge is 0.417 e. The summed E-state index contributed by atoms with van der Waals surface area (Å²) in [7, 11) is 0. The molecule has 2 aromatic carbocycles. The van der Waals surface area contributed by atoms with Crippen LogP contribution in [0.2, 0.25) is 0 Å². The number of hydrogen-bond acceptors (Lipinski definition) is 5. The lowest BCUT2D eigenvalue weighted by Gasteiger charge is -2.36. The molecule has 212 valence electrons. The molecule has 7 nitrogen and oxygen atoms in total. The second-order valence-corrected chi connectivity index (χ2v) is 11.9. The maximum absolute atomic E-state index is 12.8. The summed E-state index contributed by atoms with van der Waals surface area (Å²) in [6.45, 7) is 25.6. The molecule has 2 amide bonds. The lowest BCUT2D eigenvalue weighted by atomic mass is 9.93. The number of benzene rings is 2. The number of carbonyl (C=O) groups is 2. The molecule has 2 N–H and O–H groups in total. The van der Waals surface area contributed by atoms with Crippen LogP contribution in [-0.4, -0.2) is 23.8 Å². The van der Waals surface area contributed by atoms with Crippen molar-refractivity contribution in [2.45, 2.75) is 91.9 Å². The van der Waals surface area contributed by atoms with Crippen LogP contribution < -0.4 is 10.6 Å². The van der Waals surface area contributed by atoms with E-state index in [2.05, 4.69) is 23.8 Å². The van der Waals surface area contributed by atoms with Crippen LogP contribution in [0.5, 0.6) is 0 Å². The third-order valence-electron chi connectivity index (χ3n) is 6.20. The average molecular weight is 537 g/mol. The molecule has 0 radical (unpaired) electrons. The minimum absolute atomic E-state index is 0.673. The quantitative estimate of drug-likeness (QED) is 0.302. The van der Waals surface area contributed by atoms with Crippen LogP contribution in [0.1, 0.15) is 91.5 Å². The van der Waals surface area contributed by atoms with Gasteiger partial charge in [-0.15, -0.1) is 0 Å². The first-order valence-corrected chi connectivity index (χ1v) is 13.0. The summed E-state index contributed by atoms with van der Waals surface area (Å²) in [5.74, 6) is -2.80. The van der Waals surface area contributed by atoms with E-state index in [1.54, 1.807) is 27.7 Å². The molecule has 2 rings (SSSR count). The summed E-state index contributed by atoms with van der Waals surface area (Å²) in [4.78, 5) is 25.6. The number of nitrogens with one attached hydrogen (secondary N) is 2. The summed E-state index contributed by atoms with van der Waals surface area (Å²) in [6, 6.07) is 15.6. The molecule has 0 saturated heterocycles. The van der Waals surface area contributed by atoms with Gasteiger partial charge in [-0.2, -0.15) is 0 Å². The number of allylic oxidation sites excluding steroid dienone is 2. The van der Waals surface area contributed by atoms with E-state index < -0.39 is 34.8 Å². The van der Waals surface area contributed by atoms with Gasteiger partial charge in [-0.3, -0.25) is 4.74 Å². The highest BCUT2D eigenvalue weighted by atomic mass is 16.8. The highest BCUT2D eigenvalue weighted by molar-refractivity contribution is 5.70. The van der Waals surface area contributed by atoms with Crippen molar-refractivity contribution < 1.29 is 23.8 Å². The Hall–Kier alpha value is -3.58. The molecular weight excluding hydrogens is 492 g/mol. The number of rotatable bonds is 10. The van der Waals surface area contributed by atoms with Crippen molar-refractivity contribution in [3.8, 4) is 0 Å². The van der Waals surface area contributed by atoms with Gasteiger partial charge in [-0.05, 0) is 63.8 Å². The van der Waals surface area contributed by atoms with Gasteiger partial charge < -0.3 is 20.1 Å². The molecule has 0 unspecified atom stereocenters. The van der Waals surface area contributed by atoms with Crippen molar-refractivity contribution >= 4 is 23.3 Å². The fourth-order valence-electron chi connectivity index (χ4n) is 4.13. The Kier molecular flexibility index (Phi) is 9.46. The van der Waals surface area contributed by atoms with Crippen LogP contribution in [0.15, 0.2) is 61.7 Å². The van der Waals surface area contributed by atoms with E-state index in [1.165, 1.54) is 0 Å². The topological polar surface area (TPSA) is 85.9 Å². The minimum atomic E-state index is -1.40. The van der Waals surface area contributed by atoms with Gasteiger partial charge in [-0.25, -0.2) is 9.59 Å². The van der Waals surface area contributed by atoms with E-state index in [-0.39, 0.29) is 0 Å². The van der Waals surface area contributed by atoms with Gasteiger partial charge in [0.05, 0.1) is 11.1 Å². The zero-order chi connectivity index (χ0) is 29.8. The Morgan fingerprint density at radius 3 is 1.13 bits per heavy atom. The summed E-state index contributed by atoms with van der Waals surface area (Å²) in [5, 5.41) is 5.75. The van der Waals surface area contributed by atoms with E-state index in [0.717, 1.165) is 33.4 Å². The second-order valence-electron chi connectivity index (χ2n) is 11.9. The van der Waals surface area contributed by atoms with Crippen LogP contribution in [0.25, 0.3) is 11.1 Å². The van der Waals surface area contributed by atoms with Crippen molar-refractivity contribution in [3.63, 3.8) is 0 Å². The molecule has 0 heterocycles. The number of carbonyl (C=O) groups excluding carboxylic acids is 2. The molecule has 0 aromatic heterocycles.